The highest BCUT2D eigenvalue weighted by Gasteiger charge is 2.41. The van der Waals surface area contributed by atoms with E-state index in [1.54, 1.807) is 17.9 Å². The molecular formula is C17H25ClN6O. The predicted molar refractivity (Wildman–Crippen MR) is 97.7 cm³/mol. The van der Waals surface area contributed by atoms with Crippen LogP contribution >= 0.6 is 12.4 Å². The summed E-state index contributed by atoms with van der Waals surface area (Å²) in [5, 5.41) is 17.5. The van der Waals surface area contributed by atoms with Gasteiger partial charge < -0.3 is 10.6 Å². The first kappa shape index (κ1) is 17.9. The Morgan fingerprint density at radius 3 is 2.84 bits per heavy atom. The van der Waals surface area contributed by atoms with Crippen molar-refractivity contribution >= 4 is 24.1 Å². The van der Waals surface area contributed by atoms with Crippen molar-refractivity contribution in [3.8, 4) is 0 Å². The highest BCUT2D eigenvalue weighted by Crippen LogP contribution is 2.52. The highest BCUT2D eigenvalue weighted by atomic mass is 35.5. The van der Waals surface area contributed by atoms with Gasteiger partial charge in [-0.25, -0.2) is 0 Å². The number of anilines is 1. The number of carbonyl (C=O) groups is 1. The van der Waals surface area contributed by atoms with Gasteiger partial charge in [0.1, 0.15) is 6.04 Å². The molecule has 2 fully saturated rings. The molecule has 25 heavy (non-hydrogen) atoms. The Balaban J connectivity index is 0.00000182. The van der Waals surface area contributed by atoms with Crippen LogP contribution in [0.5, 0.6) is 0 Å². The van der Waals surface area contributed by atoms with Gasteiger partial charge in [0.25, 0.3) is 0 Å². The van der Waals surface area contributed by atoms with E-state index in [-0.39, 0.29) is 18.3 Å². The van der Waals surface area contributed by atoms with Gasteiger partial charge in [-0.2, -0.15) is 10.2 Å². The van der Waals surface area contributed by atoms with Crippen LogP contribution in [0.1, 0.15) is 48.9 Å². The summed E-state index contributed by atoms with van der Waals surface area (Å²) in [5.41, 5.74) is 2.00. The molecule has 2 aromatic heterocycles. The number of nitrogens with one attached hydrogen (secondary N) is 3. The minimum absolute atomic E-state index is 0. The highest BCUT2D eigenvalue weighted by molar-refractivity contribution is 5.94. The third-order valence-electron chi connectivity index (χ3n) is 5.60. The van der Waals surface area contributed by atoms with E-state index < -0.39 is 6.04 Å². The predicted octanol–water partition coefficient (Wildman–Crippen LogP) is 2.37. The number of nitrogens with zero attached hydrogens (tertiary/aromatic N) is 3. The van der Waals surface area contributed by atoms with Gasteiger partial charge in [0.2, 0.25) is 5.91 Å². The SMILES string of the molecule is CNC(C(=O)Nc1cc(C2CC3CCC2C3)[nH]n1)c1cnn(C)c1.Cl. The smallest absolute Gasteiger partial charge is 0.247 e. The molecule has 136 valence electrons. The minimum Gasteiger partial charge on any atom is -0.308 e. The van der Waals surface area contributed by atoms with Crippen LogP contribution in [0, 0.1) is 11.8 Å². The fourth-order valence-electron chi connectivity index (χ4n) is 4.45. The maximum atomic E-state index is 12.5. The molecule has 2 bridgehead atoms. The number of fused-ring (bicyclic) bond motifs is 2. The molecule has 2 aliphatic rings. The fourth-order valence-corrected chi connectivity index (χ4v) is 4.45. The first-order valence-electron chi connectivity index (χ1n) is 8.66. The second kappa shape index (κ2) is 7.17. The van der Waals surface area contributed by atoms with Crippen LogP contribution in [-0.4, -0.2) is 32.9 Å². The number of rotatable bonds is 5. The summed E-state index contributed by atoms with van der Waals surface area (Å²) in [6, 6.07) is 1.56. The largest absolute Gasteiger partial charge is 0.308 e. The van der Waals surface area contributed by atoms with Crippen LogP contribution in [0.25, 0.3) is 0 Å². The van der Waals surface area contributed by atoms with Crippen LogP contribution in [0.4, 0.5) is 5.82 Å². The van der Waals surface area contributed by atoms with E-state index in [4.69, 9.17) is 0 Å². The number of amides is 1. The Kier molecular flexibility index (Phi) is 5.15. The third kappa shape index (κ3) is 3.43. The van der Waals surface area contributed by atoms with Crippen molar-refractivity contribution in [2.45, 2.75) is 37.6 Å². The van der Waals surface area contributed by atoms with Crippen molar-refractivity contribution in [1.82, 2.24) is 25.3 Å². The number of likely N-dealkylation sites (N-methyl/N-ethyl adjacent to an activating group) is 1. The number of aromatic nitrogens is 4. The molecule has 0 aliphatic heterocycles. The molecule has 2 heterocycles. The molecule has 4 unspecified atom stereocenters. The zero-order chi connectivity index (χ0) is 16.7. The van der Waals surface area contributed by atoms with Crippen LogP contribution in [0.2, 0.25) is 0 Å². The van der Waals surface area contributed by atoms with Gasteiger partial charge in [0.15, 0.2) is 5.82 Å². The van der Waals surface area contributed by atoms with E-state index in [2.05, 4.69) is 25.9 Å². The van der Waals surface area contributed by atoms with Crippen molar-refractivity contribution < 1.29 is 4.79 Å². The van der Waals surface area contributed by atoms with Crippen molar-refractivity contribution in [3.63, 3.8) is 0 Å². The monoisotopic (exact) mass is 364 g/mol. The van der Waals surface area contributed by atoms with Gasteiger partial charge in [-0.15, -0.1) is 12.4 Å². The normalized spacial score (nSPS) is 25.6. The van der Waals surface area contributed by atoms with Gasteiger partial charge in [0.05, 0.1) is 6.20 Å². The average molecular weight is 365 g/mol. The molecule has 1 amide bonds. The third-order valence-corrected chi connectivity index (χ3v) is 5.60. The van der Waals surface area contributed by atoms with E-state index in [1.165, 1.54) is 31.4 Å². The van der Waals surface area contributed by atoms with Crippen LogP contribution in [0.15, 0.2) is 18.5 Å². The first-order valence-corrected chi connectivity index (χ1v) is 8.66. The molecule has 0 radical (unpaired) electrons. The lowest BCUT2D eigenvalue weighted by Gasteiger charge is -2.19. The lowest BCUT2D eigenvalue weighted by Crippen LogP contribution is -2.30. The van der Waals surface area contributed by atoms with Crippen molar-refractivity contribution in [2.24, 2.45) is 18.9 Å². The minimum atomic E-state index is -0.443. The number of H-pyrrole nitrogens is 1. The Morgan fingerprint density at radius 2 is 2.24 bits per heavy atom. The van der Waals surface area contributed by atoms with Crippen LogP contribution < -0.4 is 10.6 Å². The summed E-state index contributed by atoms with van der Waals surface area (Å²) < 4.78 is 1.69. The van der Waals surface area contributed by atoms with Gasteiger partial charge in [-0.1, -0.05) is 6.42 Å². The lowest BCUT2D eigenvalue weighted by molar-refractivity contribution is -0.118. The van der Waals surface area contributed by atoms with Crippen LogP contribution in [-0.2, 0) is 11.8 Å². The number of hydrogen-bond acceptors (Lipinski definition) is 4. The van der Waals surface area contributed by atoms with Crippen molar-refractivity contribution in [2.75, 3.05) is 12.4 Å². The average Bonchev–Trinajstić information content (AvgIpc) is 3.32. The molecular weight excluding hydrogens is 340 g/mol. The molecule has 7 nitrogen and oxygen atoms in total. The summed E-state index contributed by atoms with van der Waals surface area (Å²) in [6.45, 7) is 0. The molecule has 4 atom stereocenters. The zero-order valence-corrected chi connectivity index (χ0v) is 15.3. The van der Waals surface area contributed by atoms with Crippen molar-refractivity contribution in [1.29, 1.82) is 0 Å². The second-order valence-corrected chi connectivity index (χ2v) is 7.15. The molecule has 0 saturated heterocycles. The maximum absolute atomic E-state index is 12.5. The number of aromatic amines is 1. The van der Waals surface area contributed by atoms with E-state index in [9.17, 15) is 4.79 Å². The molecule has 4 rings (SSSR count). The standard InChI is InChI=1S/C17H24N6O.ClH/c1-18-16(12-8-19-23(2)9-12)17(24)20-15-7-14(21-22-15)13-6-10-3-4-11(13)5-10;/h7-11,13,16,18H,3-6H2,1-2H3,(H2,20,21,22,24);1H. The summed E-state index contributed by atoms with van der Waals surface area (Å²) in [4.78, 5) is 12.5. The van der Waals surface area contributed by atoms with E-state index in [1.807, 2.05) is 19.3 Å². The Bertz CT molecular complexity index is 741. The van der Waals surface area contributed by atoms with E-state index in [0.717, 1.165) is 17.4 Å². The molecule has 0 spiro atoms. The lowest BCUT2D eigenvalue weighted by atomic mass is 9.86. The molecule has 8 heteroatoms. The molecule has 2 saturated carbocycles. The van der Waals surface area contributed by atoms with Crippen LogP contribution in [0.3, 0.4) is 0 Å². The molecule has 2 aliphatic carbocycles. The summed E-state index contributed by atoms with van der Waals surface area (Å²) in [5.74, 6) is 2.73. The van der Waals surface area contributed by atoms with E-state index in [0.29, 0.717) is 11.7 Å². The number of hydrogen-bond donors (Lipinski definition) is 3. The zero-order valence-electron chi connectivity index (χ0n) is 14.5. The molecule has 3 N–H and O–H groups in total. The van der Waals surface area contributed by atoms with Gasteiger partial charge in [-0.05, 0) is 38.1 Å². The van der Waals surface area contributed by atoms with Gasteiger partial charge >= 0.3 is 0 Å². The van der Waals surface area contributed by atoms with Gasteiger partial charge in [-0.3, -0.25) is 14.6 Å². The number of halogens is 1. The quantitative estimate of drug-likeness (QED) is 0.760. The Hall–Kier alpha value is -1.86. The summed E-state index contributed by atoms with van der Waals surface area (Å²) in [7, 11) is 3.60. The van der Waals surface area contributed by atoms with Gasteiger partial charge in [0, 0.05) is 36.5 Å². The summed E-state index contributed by atoms with van der Waals surface area (Å²) >= 11 is 0. The second-order valence-electron chi connectivity index (χ2n) is 7.15. The van der Waals surface area contributed by atoms with Crippen molar-refractivity contribution in [3.05, 3.63) is 29.7 Å². The first-order chi connectivity index (χ1) is 11.6. The Labute approximate surface area is 153 Å². The number of aryl methyl sites for hydroxylation is 1. The fraction of sp³-hybridized carbons (Fsp3) is 0.588. The Morgan fingerprint density at radius 1 is 1.40 bits per heavy atom. The maximum Gasteiger partial charge on any atom is 0.247 e. The molecule has 2 aromatic rings. The number of carbonyl (C=O) groups excluding carboxylic acids is 1. The summed E-state index contributed by atoms with van der Waals surface area (Å²) in [6.07, 6.45) is 8.87. The topological polar surface area (TPSA) is 87.6 Å². The molecule has 0 aromatic carbocycles. The van der Waals surface area contributed by atoms with E-state index >= 15 is 0 Å².